The van der Waals surface area contributed by atoms with Crippen LogP contribution in [0.5, 0.6) is 0 Å². The minimum absolute atomic E-state index is 0.0623. The highest BCUT2D eigenvalue weighted by molar-refractivity contribution is 6.30. The summed E-state index contributed by atoms with van der Waals surface area (Å²) in [7, 11) is 0. The van der Waals surface area contributed by atoms with Crippen molar-refractivity contribution >= 4 is 28.4 Å². The molecule has 1 fully saturated rings. The zero-order chi connectivity index (χ0) is 26.3. The van der Waals surface area contributed by atoms with Gasteiger partial charge in [-0.15, -0.1) is 0 Å². The number of hydrogen-bond donors (Lipinski definition) is 1. The molecule has 1 atom stereocenters. The van der Waals surface area contributed by atoms with Gasteiger partial charge in [-0.1, -0.05) is 71.8 Å². The van der Waals surface area contributed by atoms with Gasteiger partial charge in [-0.2, -0.15) is 0 Å². The number of morpholine rings is 1. The first kappa shape index (κ1) is 26.5. The molecule has 5 nitrogen and oxygen atoms in total. The summed E-state index contributed by atoms with van der Waals surface area (Å²) in [4.78, 5) is 15.6. The molecule has 5 rings (SSSR count). The molecule has 1 N–H and O–H groups in total. The Morgan fingerprint density at radius 1 is 1.03 bits per heavy atom. The zero-order valence-corrected chi connectivity index (χ0v) is 22.8. The largest absolute Gasteiger partial charge is 0.379 e. The third kappa shape index (κ3) is 6.65. The first-order valence-corrected chi connectivity index (χ1v) is 13.9. The van der Waals surface area contributed by atoms with E-state index >= 15 is 0 Å². The topological polar surface area (TPSA) is 46.5 Å². The lowest BCUT2D eigenvalue weighted by molar-refractivity contribution is -0.121. The summed E-state index contributed by atoms with van der Waals surface area (Å²) in [6, 6.07) is 25.1. The Hall–Kier alpha value is -3.12. The van der Waals surface area contributed by atoms with Gasteiger partial charge in [-0.3, -0.25) is 9.69 Å². The summed E-state index contributed by atoms with van der Waals surface area (Å²) in [5.74, 6) is -0.0376. The molecule has 0 saturated carbocycles. The van der Waals surface area contributed by atoms with Crippen LogP contribution in [0, 0.1) is 6.92 Å². The molecule has 1 aliphatic rings. The van der Waals surface area contributed by atoms with Crippen LogP contribution in [0.1, 0.15) is 41.0 Å². The number of fused-ring (bicyclic) bond motifs is 1. The van der Waals surface area contributed by atoms with Gasteiger partial charge in [0.1, 0.15) is 0 Å². The highest BCUT2D eigenvalue weighted by atomic mass is 35.5. The summed E-state index contributed by atoms with van der Waals surface area (Å²) >= 11 is 6.41. The first-order valence-electron chi connectivity index (χ1n) is 13.5. The number of carbonyl (C=O) groups is 1. The average molecular weight is 530 g/mol. The summed E-state index contributed by atoms with van der Waals surface area (Å²) in [5, 5.41) is 5.02. The maximum absolute atomic E-state index is 13.2. The highest BCUT2D eigenvalue weighted by Gasteiger charge is 2.23. The van der Waals surface area contributed by atoms with Gasteiger partial charge in [0.15, 0.2) is 0 Å². The van der Waals surface area contributed by atoms with Crippen LogP contribution in [-0.2, 0) is 16.1 Å². The molecule has 198 valence electrons. The van der Waals surface area contributed by atoms with Crippen molar-refractivity contribution in [1.29, 1.82) is 0 Å². The molecule has 0 radical (unpaired) electrons. The Bertz CT molecular complexity index is 1360. The quantitative estimate of drug-likeness (QED) is 0.256. The fraction of sp³-hybridized carbons (Fsp3) is 0.344. The van der Waals surface area contributed by atoms with E-state index in [0.717, 1.165) is 56.9 Å². The molecule has 1 saturated heterocycles. The number of carbonyl (C=O) groups excluding carboxylic acids is 1. The number of para-hydroxylation sites is 1. The molecule has 0 spiro atoms. The van der Waals surface area contributed by atoms with Gasteiger partial charge < -0.3 is 14.6 Å². The Balaban J connectivity index is 1.37. The average Bonchev–Trinajstić information content (AvgIpc) is 3.29. The number of halogens is 1. The van der Waals surface area contributed by atoms with Crippen molar-refractivity contribution < 1.29 is 9.53 Å². The van der Waals surface area contributed by atoms with E-state index in [-0.39, 0.29) is 11.8 Å². The van der Waals surface area contributed by atoms with E-state index in [9.17, 15) is 4.79 Å². The molecule has 6 heteroatoms. The van der Waals surface area contributed by atoms with E-state index in [1.54, 1.807) is 0 Å². The van der Waals surface area contributed by atoms with Gasteiger partial charge in [-0.25, -0.2) is 0 Å². The summed E-state index contributed by atoms with van der Waals surface area (Å²) < 4.78 is 7.73. The highest BCUT2D eigenvalue weighted by Crippen LogP contribution is 2.36. The Labute approximate surface area is 230 Å². The minimum Gasteiger partial charge on any atom is -0.379 e. The number of aryl methyl sites for hydroxylation is 1. The Morgan fingerprint density at radius 3 is 2.61 bits per heavy atom. The number of benzene rings is 3. The third-order valence-corrected chi connectivity index (χ3v) is 7.62. The predicted molar refractivity (Wildman–Crippen MR) is 155 cm³/mol. The normalized spacial score (nSPS) is 15.0. The number of hydrogen-bond acceptors (Lipinski definition) is 3. The van der Waals surface area contributed by atoms with Gasteiger partial charge in [0.05, 0.1) is 13.2 Å². The van der Waals surface area contributed by atoms with Crippen molar-refractivity contribution in [2.75, 3.05) is 39.4 Å². The molecule has 1 aromatic heterocycles. The number of nitrogens with one attached hydrogen (secondary N) is 1. The summed E-state index contributed by atoms with van der Waals surface area (Å²) in [6.07, 6.45) is 3.53. The molecule has 1 aliphatic heterocycles. The van der Waals surface area contributed by atoms with Crippen LogP contribution in [0.15, 0.2) is 79.0 Å². The predicted octanol–water partition coefficient (Wildman–Crippen LogP) is 6.01. The maximum atomic E-state index is 13.2. The third-order valence-electron chi connectivity index (χ3n) is 7.39. The molecule has 1 unspecified atom stereocenters. The van der Waals surface area contributed by atoms with Crippen LogP contribution in [0.25, 0.3) is 10.9 Å². The van der Waals surface area contributed by atoms with E-state index in [4.69, 9.17) is 16.3 Å². The number of aromatic nitrogens is 1. The second kappa shape index (κ2) is 12.6. The molecule has 3 aromatic carbocycles. The molecule has 0 aliphatic carbocycles. The van der Waals surface area contributed by atoms with Crippen LogP contribution in [0.4, 0.5) is 0 Å². The monoisotopic (exact) mass is 529 g/mol. The van der Waals surface area contributed by atoms with Gasteiger partial charge in [0, 0.05) is 60.6 Å². The van der Waals surface area contributed by atoms with Crippen LogP contribution >= 0.6 is 11.6 Å². The number of rotatable bonds is 10. The molecular weight excluding hydrogens is 494 g/mol. The van der Waals surface area contributed by atoms with E-state index in [1.807, 2.05) is 18.2 Å². The van der Waals surface area contributed by atoms with Crippen LogP contribution in [0.2, 0.25) is 5.02 Å². The Morgan fingerprint density at radius 2 is 1.82 bits per heavy atom. The SMILES string of the molecule is Cc1ccc(Cn2cc(C(CC(=O)NCCCN3CCOCC3)c3cccc(Cl)c3)c3ccccc32)cc1. The van der Waals surface area contributed by atoms with E-state index in [1.165, 1.54) is 22.0 Å². The molecule has 0 bridgehead atoms. The zero-order valence-electron chi connectivity index (χ0n) is 22.0. The lowest BCUT2D eigenvalue weighted by atomic mass is 9.88. The Kier molecular flexibility index (Phi) is 8.79. The molecular formula is C32H36ClN3O2. The van der Waals surface area contributed by atoms with E-state index < -0.39 is 0 Å². The van der Waals surface area contributed by atoms with Crippen molar-refractivity contribution in [2.24, 2.45) is 0 Å². The number of ether oxygens (including phenoxy) is 1. The molecule has 1 amide bonds. The lowest BCUT2D eigenvalue weighted by Gasteiger charge is -2.26. The molecule has 4 aromatic rings. The van der Waals surface area contributed by atoms with Crippen molar-refractivity contribution in [2.45, 2.75) is 32.2 Å². The maximum Gasteiger partial charge on any atom is 0.220 e. The van der Waals surface area contributed by atoms with Gasteiger partial charge >= 0.3 is 0 Å². The van der Waals surface area contributed by atoms with Crippen molar-refractivity contribution in [3.05, 3.63) is 106 Å². The molecule has 2 heterocycles. The van der Waals surface area contributed by atoms with Gasteiger partial charge in [0.25, 0.3) is 0 Å². The van der Waals surface area contributed by atoms with E-state index in [2.05, 4.69) is 82.5 Å². The minimum atomic E-state index is -0.0999. The van der Waals surface area contributed by atoms with Crippen LogP contribution in [-0.4, -0.2) is 54.8 Å². The fourth-order valence-electron chi connectivity index (χ4n) is 5.32. The summed E-state index contributed by atoms with van der Waals surface area (Å²) in [6.45, 7) is 8.07. The second-order valence-corrected chi connectivity index (χ2v) is 10.6. The fourth-order valence-corrected chi connectivity index (χ4v) is 5.52. The standard InChI is InChI=1S/C32H36ClN3O2/c1-24-10-12-25(13-11-24)22-36-23-30(28-8-2-3-9-31(28)36)29(26-6-4-7-27(33)20-26)21-32(37)34-14-5-15-35-16-18-38-19-17-35/h2-4,6-13,20,23,29H,5,14-19,21-22H2,1H3,(H,34,37). The van der Waals surface area contributed by atoms with E-state index in [0.29, 0.717) is 18.0 Å². The number of amides is 1. The molecule has 38 heavy (non-hydrogen) atoms. The van der Waals surface area contributed by atoms with Gasteiger partial charge in [0.2, 0.25) is 5.91 Å². The lowest BCUT2D eigenvalue weighted by Crippen LogP contribution is -2.38. The van der Waals surface area contributed by atoms with Crippen molar-refractivity contribution in [3.8, 4) is 0 Å². The second-order valence-electron chi connectivity index (χ2n) is 10.2. The van der Waals surface area contributed by atoms with Crippen molar-refractivity contribution in [1.82, 2.24) is 14.8 Å². The van der Waals surface area contributed by atoms with Crippen LogP contribution < -0.4 is 5.32 Å². The van der Waals surface area contributed by atoms with Crippen molar-refractivity contribution in [3.63, 3.8) is 0 Å². The number of nitrogens with zero attached hydrogens (tertiary/aromatic N) is 2. The first-order chi connectivity index (χ1) is 18.6. The van der Waals surface area contributed by atoms with Gasteiger partial charge in [-0.05, 0) is 54.8 Å². The summed E-state index contributed by atoms with van der Waals surface area (Å²) in [5.41, 5.74) is 5.88. The van der Waals surface area contributed by atoms with Crippen LogP contribution in [0.3, 0.4) is 0 Å². The smallest absolute Gasteiger partial charge is 0.220 e.